The van der Waals surface area contributed by atoms with Gasteiger partial charge in [0.05, 0.1) is 53.6 Å². The van der Waals surface area contributed by atoms with E-state index >= 15 is 0 Å². The van der Waals surface area contributed by atoms with E-state index in [0.29, 0.717) is 18.0 Å². The van der Waals surface area contributed by atoms with E-state index in [9.17, 15) is 14.7 Å². The molecular weight excluding hydrogens is 693 g/mol. The van der Waals surface area contributed by atoms with Crippen molar-refractivity contribution >= 4 is 63.0 Å². The van der Waals surface area contributed by atoms with Gasteiger partial charge >= 0.3 is 6.09 Å². The number of aromatic nitrogens is 3. The Hall–Kier alpha value is -4.73. The van der Waals surface area contributed by atoms with Crippen molar-refractivity contribution in [1.29, 1.82) is 0 Å². The molecule has 6 rings (SSSR count). The maximum Gasteiger partial charge on any atom is 0.407 e. The van der Waals surface area contributed by atoms with Crippen LogP contribution in [-0.2, 0) is 16.1 Å². The molecule has 0 unspecified atom stereocenters. The third-order valence-corrected chi connectivity index (χ3v) is 11.0. The van der Waals surface area contributed by atoms with E-state index in [0.717, 1.165) is 36.7 Å². The number of benzene rings is 3. The molecule has 0 aliphatic rings. The smallest absolute Gasteiger partial charge is 0.407 e. The lowest BCUT2D eigenvalue weighted by atomic mass is 9.84. The van der Waals surface area contributed by atoms with Crippen molar-refractivity contribution in [2.24, 2.45) is 0 Å². The second-order valence-corrected chi connectivity index (χ2v) is 14.2. The molecular formula is C36H34N6O5S3. The van der Waals surface area contributed by atoms with Crippen molar-refractivity contribution in [2.75, 3.05) is 24.8 Å². The molecule has 2 amide bonds. The molecule has 3 aromatic carbocycles. The number of fused-ring (bicyclic) bond motifs is 1. The fourth-order valence-corrected chi connectivity index (χ4v) is 8.39. The first-order valence-corrected chi connectivity index (χ1v) is 18.2. The van der Waals surface area contributed by atoms with E-state index in [1.165, 1.54) is 30.8 Å². The molecule has 256 valence electrons. The molecule has 0 aliphatic heterocycles. The van der Waals surface area contributed by atoms with Crippen molar-refractivity contribution in [3.8, 4) is 0 Å². The molecule has 0 radical (unpaired) electrons. The molecule has 50 heavy (non-hydrogen) atoms. The minimum atomic E-state index is -1.03. The molecule has 11 nitrogen and oxygen atoms in total. The Morgan fingerprint density at radius 2 is 1.78 bits per heavy atom. The second-order valence-electron chi connectivity index (χ2n) is 11.1. The van der Waals surface area contributed by atoms with Crippen LogP contribution in [0.1, 0.15) is 22.6 Å². The zero-order valence-electron chi connectivity index (χ0n) is 26.9. The molecule has 0 aliphatic carbocycles. The number of rotatable bonds is 15. The number of thioether (sulfide) groups is 1. The number of carbonyl (C=O) groups is 2. The number of amides is 2. The van der Waals surface area contributed by atoms with Crippen molar-refractivity contribution in [2.45, 2.75) is 34.3 Å². The van der Waals surface area contributed by atoms with Gasteiger partial charge in [0, 0.05) is 39.8 Å². The van der Waals surface area contributed by atoms with Crippen LogP contribution in [0.4, 0.5) is 10.5 Å². The lowest BCUT2D eigenvalue weighted by molar-refractivity contribution is -0.118. The number of nitrogens with zero attached hydrogens (tertiary/aromatic N) is 4. The van der Waals surface area contributed by atoms with Gasteiger partial charge < -0.3 is 25.0 Å². The minimum absolute atomic E-state index is 0.123. The molecule has 3 aromatic heterocycles. The third kappa shape index (κ3) is 8.89. The summed E-state index contributed by atoms with van der Waals surface area (Å²) >= 11 is 4.59. The van der Waals surface area contributed by atoms with Crippen LogP contribution in [0.25, 0.3) is 10.2 Å². The van der Waals surface area contributed by atoms with Crippen molar-refractivity contribution in [3.05, 3.63) is 132 Å². The zero-order chi connectivity index (χ0) is 34.7. The van der Waals surface area contributed by atoms with Crippen molar-refractivity contribution in [3.63, 3.8) is 0 Å². The number of carbonyl (C=O) groups excluding carboxylic acids is 2. The molecule has 0 saturated carbocycles. The van der Waals surface area contributed by atoms with Gasteiger partial charge in [-0.2, -0.15) is 0 Å². The van der Waals surface area contributed by atoms with E-state index < -0.39 is 24.0 Å². The van der Waals surface area contributed by atoms with Crippen LogP contribution < -0.4 is 10.6 Å². The summed E-state index contributed by atoms with van der Waals surface area (Å²) in [5, 5.41) is 20.3. The lowest BCUT2D eigenvalue weighted by Gasteiger charge is -2.29. The fourth-order valence-electron chi connectivity index (χ4n) is 5.36. The van der Waals surface area contributed by atoms with Gasteiger partial charge in [-0.15, -0.1) is 23.1 Å². The monoisotopic (exact) mass is 726 g/mol. The largest absolute Gasteiger partial charge is 0.453 e. The summed E-state index contributed by atoms with van der Waals surface area (Å²) in [6, 6.07) is 25.7. The number of nitrogens with one attached hydrogen (secondary N) is 2. The molecule has 14 heteroatoms. The van der Waals surface area contributed by atoms with Crippen LogP contribution in [0, 0.1) is 0 Å². The number of thiazole rings is 1. The van der Waals surface area contributed by atoms with E-state index in [1.807, 2.05) is 84.4 Å². The fraction of sp³-hybridized carbons (Fsp3) is 0.194. The summed E-state index contributed by atoms with van der Waals surface area (Å²) in [5.74, 6) is -0.481. The highest BCUT2D eigenvalue weighted by Crippen LogP contribution is 2.35. The van der Waals surface area contributed by atoms with Crippen LogP contribution in [-0.4, -0.2) is 68.1 Å². The Labute approximate surface area is 301 Å². The minimum Gasteiger partial charge on any atom is -0.453 e. The number of ether oxygens (including phenoxy) is 1. The van der Waals surface area contributed by atoms with Crippen LogP contribution in [0.2, 0.25) is 0 Å². The predicted octanol–water partition coefficient (Wildman–Crippen LogP) is 6.84. The first-order chi connectivity index (χ1) is 24.5. The van der Waals surface area contributed by atoms with Gasteiger partial charge in [0.25, 0.3) is 0 Å². The lowest BCUT2D eigenvalue weighted by Crippen LogP contribution is -2.48. The van der Waals surface area contributed by atoms with Crippen LogP contribution >= 0.6 is 35.0 Å². The van der Waals surface area contributed by atoms with Crippen LogP contribution in [0.5, 0.6) is 0 Å². The van der Waals surface area contributed by atoms with E-state index in [2.05, 4.69) is 36.1 Å². The normalized spacial score (nSPS) is 12.6. The van der Waals surface area contributed by atoms with E-state index in [-0.39, 0.29) is 12.6 Å². The number of hydrogen-bond donors (Lipinski definition) is 3. The average Bonchev–Trinajstić information content (AvgIpc) is 3.85. The number of aliphatic hydroxyl groups is 1. The molecule has 0 bridgehead atoms. The van der Waals surface area contributed by atoms with Crippen LogP contribution in [0.15, 0.2) is 130 Å². The standard InChI is InChI=1S/C36H34N6O5S3/c1-46-36(45)41-34(33(25-8-4-2-5-9-25)26-10-6-3-7-11-26)35(44)40-30-18-37-15-14-31(30)48-22-27(20-43)42(19-24-17-39-47-21-24)50-28-12-13-29-32(16-28)49-23-38-29/h2-18,21,23,27,33-34,43H,19-20,22H2,1H3,(H,40,44)(H,41,45)/t27-,34+/m1/s1. The van der Waals surface area contributed by atoms with Crippen LogP contribution in [0.3, 0.4) is 0 Å². The van der Waals surface area contributed by atoms with Gasteiger partial charge in [-0.3, -0.25) is 9.78 Å². The van der Waals surface area contributed by atoms with E-state index in [1.54, 1.807) is 36.2 Å². The summed E-state index contributed by atoms with van der Waals surface area (Å²) in [7, 11) is 1.26. The highest BCUT2D eigenvalue weighted by atomic mass is 32.2. The first-order valence-electron chi connectivity index (χ1n) is 15.6. The first kappa shape index (κ1) is 35.1. The Morgan fingerprint density at radius 3 is 2.46 bits per heavy atom. The maximum absolute atomic E-state index is 14.2. The van der Waals surface area contributed by atoms with Gasteiger partial charge in [-0.1, -0.05) is 65.8 Å². The molecule has 2 atom stereocenters. The highest BCUT2D eigenvalue weighted by Gasteiger charge is 2.33. The number of anilines is 1. The Morgan fingerprint density at radius 1 is 1.02 bits per heavy atom. The number of hydrogen-bond acceptors (Lipinski definition) is 12. The SMILES string of the molecule is COC(=O)N[C@H](C(=O)Nc1cnccc1SC[C@@H](CO)N(Cc1cnoc1)Sc1ccc2ncsc2c1)C(c1ccccc1)c1ccccc1. The highest BCUT2D eigenvalue weighted by molar-refractivity contribution is 7.99. The summed E-state index contributed by atoms with van der Waals surface area (Å²) in [6.45, 7) is 0.351. The molecule has 3 heterocycles. The summed E-state index contributed by atoms with van der Waals surface area (Å²) < 4.78 is 13.2. The van der Waals surface area contributed by atoms with Gasteiger partial charge in [-0.05, 0) is 47.3 Å². The number of alkyl carbamates (subject to hydrolysis) is 1. The third-order valence-electron chi connectivity index (χ3n) is 7.83. The Kier molecular flexibility index (Phi) is 12.1. The summed E-state index contributed by atoms with van der Waals surface area (Å²) in [4.78, 5) is 37.2. The predicted molar refractivity (Wildman–Crippen MR) is 196 cm³/mol. The molecule has 0 saturated heterocycles. The van der Waals surface area contributed by atoms with Gasteiger partial charge in [0.1, 0.15) is 12.3 Å². The Balaban J connectivity index is 1.23. The molecule has 0 fully saturated rings. The van der Waals surface area contributed by atoms with Gasteiger partial charge in [0.15, 0.2) is 0 Å². The summed E-state index contributed by atoms with van der Waals surface area (Å²) in [6.07, 6.45) is 5.76. The van der Waals surface area contributed by atoms with Crippen molar-refractivity contribution < 1.29 is 24.0 Å². The summed E-state index contributed by atoms with van der Waals surface area (Å²) in [5.41, 5.74) is 5.80. The molecule has 3 N–H and O–H groups in total. The van der Waals surface area contributed by atoms with E-state index in [4.69, 9.17) is 9.26 Å². The van der Waals surface area contributed by atoms with Gasteiger partial charge in [0.2, 0.25) is 5.91 Å². The van der Waals surface area contributed by atoms with Gasteiger partial charge in [-0.25, -0.2) is 14.1 Å². The second kappa shape index (κ2) is 17.3. The maximum atomic E-state index is 14.2. The Bertz CT molecular complexity index is 1940. The zero-order valence-corrected chi connectivity index (χ0v) is 29.4. The molecule has 6 aromatic rings. The van der Waals surface area contributed by atoms with Crippen molar-refractivity contribution in [1.82, 2.24) is 24.7 Å². The number of aliphatic hydroxyl groups excluding tert-OH is 1. The average molecular weight is 727 g/mol. The molecule has 0 spiro atoms. The number of pyridine rings is 1. The number of methoxy groups -OCH3 is 1. The quantitative estimate of drug-likeness (QED) is 0.0757. The topological polar surface area (TPSA) is 143 Å².